The van der Waals surface area contributed by atoms with E-state index in [-0.39, 0.29) is 12.2 Å². The Hall–Kier alpha value is -2.85. The Kier molecular flexibility index (Phi) is 5.24. The summed E-state index contributed by atoms with van der Waals surface area (Å²) in [5, 5.41) is 9.58. The molecule has 1 aromatic carbocycles. The first-order valence-corrected chi connectivity index (χ1v) is 10.1. The van der Waals surface area contributed by atoms with Crippen molar-refractivity contribution in [1.29, 1.82) is 5.26 Å². The molecule has 0 aliphatic carbocycles. The predicted octanol–water partition coefficient (Wildman–Crippen LogP) is 3.84. The number of hydrogen-bond donors (Lipinski definition) is 2. The minimum atomic E-state index is -3.45. The zero-order valence-electron chi connectivity index (χ0n) is 14.5. The van der Waals surface area contributed by atoms with E-state index in [4.69, 9.17) is 5.26 Å². The molecule has 3 aromatic rings. The minimum Gasteiger partial charge on any atom is -0.346 e. The molecule has 7 heteroatoms. The van der Waals surface area contributed by atoms with Crippen molar-refractivity contribution in [2.45, 2.75) is 26.2 Å². The molecule has 2 aromatic heterocycles. The molecule has 6 nitrogen and oxygen atoms in total. The summed E-state index contributed by atoms with van der Waals surface area (Å²) in [5.41, 5.74) is 4.55. The van der Waals surface area contributed by atoms with Crippen LogP contribution in [0.1, 0.15) is 25.3 Å². The molecule has 0 spiro atoms. The van der Waals surface area contributed by atoms with E-state index in [1.165, 1.54) is 0 Å². The summed E-state index contributed by atoms with van der Waals surface area (Å²) in [6.07, 6.45) is 4.95. The van der Waals surface area contributed by atoms with E-state index in [0.29, 0.717) is 12.1 Å². The van der Waals surface area contributed by atoms with Crippen LogP contribution >= 0.6 is 0 Å². The van der Waals surface area contributed by atoms with Gasteiger partial charge in [0.05, 0.1) is 11.8 Å². The van der Waals surface area contributed by atoms with Crippen LogP contribution in [0.3, 0.4) is 0 Å². The third-order valence-electron chi connectivity index (χ3n) is 4.21. The number of rotatable bonds is 7. The number of pyridine rings is 1. The van der Waals surface area contributed by atoms with Gasteiger partial charge in [-0.15, -0.1) is 0 Å². The SMILES string of the molecule is CCc1cc(NS(=O)(=O)CCCC#N)ccc1-c1ccnc2[nH]ccc12. The number of nitriles is 1. The zero-order valence-corrected chi connectivity index (χ0v) is 15.3. The number of sulfonamides is 1. The molecule has 0 amide bonds. The number of H-pyrrole nitrogens is 1. The van der Waals surface area contributed by atoms with Gasteiger partial charge in [0.25, 0.3) is 0 Å². The zero-order chi connectivity index (χ0) is 18.6. The Morgan fingerprint density at radius 2 is 2.08 bits per heavy atom. The number of aromatic nitrogens is 2. The van der Waals surface area contributed by atoms with Crippen molar-refractivity contribution in [3.05, 3.63) is 48.3 Å². The molecule has 3 rings (SSSR count). The topological polar surface area (TPSA) is 98.6 Å². The normalized spacial score (nSPS) is 11.4. The lowest BCUT2D eigenvalue weighted by molar-refractivity contribution is 0.599. The maximum atomic E-state index is 12.1. The Labute approximate surface area is 152 Å². The Balaban J connectivity index is 1.92. The lowest BCUT2D eigenvalue weighted by Crippen LogP contribution is -2.16. The maximum Gasteiger partial charge on any atom is 0.232 e. The molecule has 0 unspecified atom stereocenters. The van der Waals surface area contributed by atoms with Gasteiger partial charge in [0.15, 0.2) is 0 Å². The van der Waals surface area contributed by atoms with E-state index in [1.54, 1.807) is 12.3 Å². The van der Waals surface area contributed by atoms with Crippen molar-refractivity contribution in [2.24, 2.45) is 0 Å². The predicted molar refractivity (Wildman–Crippen MR) is 103 cm³/mol. The van der Waals surface area contributed by atoms with E-state index < -0.39 is 10.0 Å². The molecule has 134 valence electrons. The highest BCUT2D eigenvalue weighted by atomic mass is 32.2. The Bertz CT molecular complexity index is 1060. The second kappa shape index (κ2) is 7.58. The summed E-state index contributed by atoms with van der Waals surface area (Å²) in [6, 6.07) is 11.5. The number of anilines is 1. The molecule has 0 radical (unpaired) electrons. The van der Waals surface area contributed by atoms with Crippen molar-refractivity contribution in [1.82, 2.24) is 9.97 Å². The van der Waals surface area contributed by atoms with Gasteiger partial charge in [-0.3, -0.25) is 4.72 Å². The number of aromatic amines is 1. The minimum absolute atomic E-state index is 0.0574. The van der Waals surface area contributed by atoms with Crippen molar-refractivity contribution in [3.8, 4) is 17.2 Å². The number of fused-ring (bicyclic) bond motifs is 1. The molecule has 26 heavy (non-hydrogen) atoms. The first-order valence-electron chi connectivity index (χ1n) is 8.47. The van der Waals surface area contributed by atoms with Crippen LogP contribution in [0.15, 0.2) is 42.7 Å². The maximum absolute atomic E-state index is 12.1. The highest BCUT2D eigenvalue weighted by molar-refractivity contribution is 7.92. The highest BCUT2D eigenvalue weighted by Crippen LogP contribution is 2.32. The molecule has 0 saturated heterocycles. The van der Waals surface area contributed by atoms with Crippen LogP contribution in [-0.4, -0.2) is 24.1 Å². The summed E-state index contributed by atoms with van der Waals surface area (Å²) >= 11 is 0. The molecule has 0 atom stereocenters. The van der Waals surface area contributed by atoms with Crippen LogP contribution in [0.4, 0.5) is 5.69 Å². The van der Waals surface area contributed by atoms with Gasteiger partial charge in [-0.1, -0.05) is 13.0 Å². The summed E-state index contributed by atoms with van der Waals surface area (Å²) in [6.45, 7) is 2.04. The molecule has 0 bridgehead atoms. The van der Waals surface area contributed by atoms with Gasteiger partial charge in [-0.05, 0) is 53.8 Å². The molecular weight excluding hydrogens is 348 g/mol. The summed E-state index contributed by atoms with van der Waals surface area (Å²) in [5.74, 6) is -0.0574. The Morgan fingerprint density at radius 1 is 1.23 bits per heavy atom. The Morgan fingerprint density at radius 3 is 2.85 bits per heavy atom. The van der Waals surface area contributed by atoms with Crippen molar-refractivity contribution >= 4 is 26.7 Å². The first kappa shape index (κ1) is 18.0. The molecule has 2 N–H and O–H groups in total. The largest absolute Gasteiger partial charge is 0.346 e. The fraction of sp³-hybridized carbons (Fsp3) is 0.263. The fourth-order valence-electron chi connectivity index (χ4n) is 2.98. The number of unbranched alkanes of at least 4 members (excludes halogenated alkanes) is 1. The number of nitrogens with one attached hydrogen (secondary N) is 2. The lowest BCUT2D eigenvalue weighted by Gasteiger charge is -2.13. The third kappa shape index (κ3) is 3.86. The number of hydrogen-bond acceptors (Lipinski definition) is 4. The van der Waals surface area contributed by atoms with Gasteiger partial charge in [-0.25, -0.2) is 13.4 Å². The quantitative estimate of drug-likeness (QED) is 0.619. The smallest absolute Gasteiger partial charge is 0.232 e. The highest BCUT2D eigenvalue weighted by Gasteiger charge is 2.13. The third-order valence-corrected chi connectivity index (χ3v) is 5.58. The van der Waals surface area contributed by atoms with Crippen molar-refractivity contribution in [3.63, 3.8) is 0 Å². The van der Waals surface area contributed by atoms with E-state index >= 15 is 0 Å². The lowest BCUT2D eigenvalue weighted by atomic mass is 9.96. The van der Waals surface area contributed by atoms with Gasteiger partial charge in [-0.2, -0.15) is 5.26 Å². The van der Waals surface area contributed by atoms with Gasteiger partial charge in [0.2, 0.25) is 10.0 Å². The first-order chi connectivity index (χ1) is 12.5. The molecular formula is C19H20N4O2S. The van der Waals surface area contributed by atoms with Gasteiger partial charge >= 0.3 is 0 Å². The van der Waals surface area contributed by atoms with E-state index in [2.05, 4.69) is 14.7 Å². The van der Waals surface area contributed by atoms with Crippen LogP contribution in [0.25, 0.3) is 22.2 Å². The second-order valence-electron chi connectivity index (χ2n) is 6.01. The monoisotopic (exact) mass is 368 g/mol. The van der Waals surface area contributed by atoms with Crippen molar-refractivity contribution in [2.75, 3.05) is 10.5 Å². The molecule has 0 aliphatic heterocycles. The summed E-state index contributed by atoms with van der Waals surface area (Å²) in [7, 11) is -3.45. The van der Waals surface area contributed by atoms with Crippen LogP contribution < -0.4 is 4.72 Å². The van der Waals surface area contributed by atoms with E-state index in [9.17, 15) is 8.42 Å². The second-order valence-corrected chi connectivity index (χ2v) is 7.85. The van der Waals surface area contributed by atoms with Crippen LogP contribution in [0.5, 0.6) is 0 Å². The van der Waals surface area contributed by atoms with Crippen LogP contribution in [0, 0.1) is 11.3 Å². The van der Waals surface area contributed by atoms with E-state index in [0.717, 1.165) is 34.1 Å². The number of benzene rings is 1. The standard InChI is InChI=1S/C19H20N4O2S/c1-2-14-13-15(23-26(24,25)12-4-3-9-20)5-6-16(14)17-7-10-21-19-18(17)8-11-22-19/h5-8,10-11,13,23H,2-4,12H2,1H3,(H,21,22). The van der Waals surface area contributed by atoms with Crippen LogP contribution in [0.2, 0.25) is 0 Å². The summed E-state index contributed by atoms with van der Waals surface area (Å²) in [4.78, 5) is 7.42. The molecule has 2 heterocycles. The molecule has 0 aliphatic rings. The number of nitrogens with zero attached hydrogens (tertiary/aromatic N) is 2. The van der Waals surface area contributed by atoms with Gasteiger partial charge < -0.3 is 4.98 Å². The fourth-order valence-corrected chi connectivity index (χ4v) is 4.09. The average Bonchev–Trinajstić information content (AvgIpc) is 3.10. The van der Waals surface area contributed by atoms with Gasteiger partial charge in [0, 0.05) is 29.9 Å². The number of aryl methyl sites for hydroxylation is 1. The molecule has 0 saturated carbocycles. The van der Waals surface area contributed by atoms with Gasteiger partial charge in [0.1, 0.15) is 5.65 Å². The van der Waals surface area contributed by atoms with Crippen LogP contribution in [-0.2, 0) is 16.4 Å². The molecule has 0 fully saturated rings. The average molecular weight is 368 g/mol. The summed E-state index contributed by atoms with van der Waals surface area (Å²) < 4.78 is 26.9. The van der Waals surface area contributed by atoms with Crippen molar-refractivity contribution < 1.29 is 8.42 Å². The van der Waals surface area contributed by atoms with E-state index in [1.807, 2.05) is 43.5 Å².